The van der Waals surface area contributed by atoms with E-state index in [1.54, 1.807) is 25.1 Å². The van der Waals surface area contributed by atoms with Crippen molar-refractivity contribution in [3.8, 4) is 0 Å². The molecular weight excluding hydrogens is 260 g/mol. The van der Waals surface area contributed by atoms with E-state index in [2.05, 4.69) is 0 Å². The summed E-state index contributed by atoms with van der Waals surface area (Å²) in [5.41, 5.74) is 5.51. The molecule has 0 spiro atoms. The van der Waals surface area contributed by atoms with Crippen molar-refractivity contribution >= 4 is 23.4 Å². The average Bonchev–Trinajstić information content (AvgIpc) is 2.44. The Balaban J connectivity index is 2.79. The monoisotopic (exact) mass is 276 g/mol. The van der Waals surface area contributed by atoms with Crippen LogP contribution in [0.2, 0.25) is 0 Å². The minimum absolute atomic E-state index is 0.115. The van der Waals surface area contributed by atoms with Gasteiger partial charge in [-0.05, 0) is 6.92 Å². The number of carbonyl (C=O) groups excluding carboxylic acids is 3. The van der Waals surface area contributed by atoms with Crippen molar-refractivity contribution in [2.45, 2.75) is 13.3 Å². The number of nitrogens with one attached hydrogen (secondary N) is 1. The predicted molar refractivity (Wildman–Crippen MR) is 72.4 cm³/mol. The van der Waals surface area contributed by atoms with Crippen LogP contribution in [0.3, 0.4) is 0 Å². The van der Waals surface area contributed by atoms with Crippen molar-refractivity contribution in [1.82, 2.24) is 0 Å². The van der Waals surface area contributed by atoms with Gasteiger partial charge in [0.2, 0.25) is 11.6 Å². The normalized spacial score (nSPS) is 11.4. The molecule has 0 radical (unpaired) electrons. The number of esters is 1. The van der Waals surface area contributed by atoms with Crippen LogP contribution >= 0.6 is 0 Å². The van der Waals surface area contributed by atoms with Crippen LogP contribution in [0.15, 0.2) is 30.3 Å². The molecule has 0 saturated carbocycles. The quantitative estimate of drug-likeness (QED) is 0.253. The predicted octanol–water partition coefficient (Wildman–Crippen LogP) is 0.944. The molecule has 6 nitrogen and oxygen atoms in total. The average molecular weight is 276 g/mol. The first-order valence-electron chi connectivity index (χ1n) is 6.10. The highest BCUT2D eigenvalue weighted by atomic mass is 16.5. The minimum atomic E-state index is -1.21. The molecule has 20 heavy (non-hydrogen) atoms. The third kappa shape index (κ3) is 4.01. The molecule has 1 rings (SSSR count). The summed E-state index contributed by atoms with van der Waals surface area (Å²) in [6, 6.07) is 8.00. The molecule has 0 aliphatic heterocycles. The topological polar surface area (TPSA) is 110 Å². The lowest BCUT2D eigenvalue weighted by molar-refractivity contribution is -0.146. The van der Waals surface area contributed by atoms with Crippen LogP contribution in [0.25, 0.3) is 0 Å². The smallest absolute Gasteiger partial charge is 0.317 e. The van der Waals surface area contributed by atoms with Gasteiger partial charge in [-0.1, -0.05) is 30.3 Å². The molecule has 6 heteroatoms. The fourth-order valence-electron chi connectivity index (χ4n) is 1.59. The summed E-state index contributed by atoms with van der Waals surface area (Å²) in [4.78, 5) is 35.3. The van der Waals surface area contributed by atoms with Crippen LogP contribution < -0.4 is 5.73 Å². The van der Waals surface area contributed by atoms with Crippen molar-refractivity contribution < 1.29 is 19.1 Å². The number of hydrogen-bond acceptors (Lipinski definition) is 5. The van der Waals surface area contributed by atoms with E-state index in [1.807, 2.05) is 0 Å². The number of Topliss-reactive ketones (excluding diaryl/α,β-unsaturated/α-hetero) is 2. The fourth-order valence-corrected chi connectivity index (χ4v) is 1.59. The Morgan fingerprint density at radius 2 is 1.85 bits per heavy atom. The highest BCUT2D eigenvalue weighted by Gasteiger charge is 2.29. The van der Waals surface area contributed by atoms with Gasteiger partial charge in [0, 0.05) is 12.0 Å². The van der Waals surface area contributed by atoms with E-state index in [1.165, 1.54) is 12.1 Å². The molecule has 106 valence electrons. The standard InChI is InChI=1S/C14H16N2O4/c1-2-20-14(19)10(13(15)16)8-11(17)12(18)9-6-4-3-5-7-9/h3-7,10H,2,8H2,1H3,(H3,15,16). The van der Waals surface area contributed by atoms with Crippen molar-refractivity contribution in [1.29, 1.82) is 5.41 Å². The van der Waals surface area contributed by atoms with Crippen molar-refractivity contribution in [3.05, 3.63) is 35.9 Å². The van der Waals surface area contributed by atoms with Gasteiger partial charge in [0.1, 0.15) is 11.8 Å². The Morgan fingerprint density at radius 3 is 2.35 bits per heavy atom. The molecule has 0 fully saturated rings. The van der Waals surface area contributed by atoms with Gasteiger partial charge in [-0.15, -0.1) is 0 Å². The van der Waals surface area contributed by atoms with Crippen molar-refractivity contribution in [2.24, 2.45) is 11.7 Å². The number of rotatable bonds is 7. The van der Waals surface area contributed by atoms with Gasteiger partial charge in [-0.3, -0.25) is 19.8 Å². The molecule has 1 atom stereocenters. The number of benzene rings is 1. The second-order valence-corrected chi connectivity index (χ2v) is 4.08. The largest absolute Gasteiger partial charge is 0.465 e. The van der Waals surface area contributed by atoms with Crippen LogP contribution in [0.4, 0.5) is 0 Å². The first-order chi connectivity index (χ1) is 9.47. The Morgan fingerprint density at radius 1 is 1.25 bits per heavy atom. The molecule has 1 unspecified atom stereocenters. The molecule has 0 aromatic heterocycles. The van der Waals surface area contributed by atoms with E-state index in [9.17, 15) is 14.4 Å². The zero-order valence-corrected chi connectivity index (χ0v) is 11.1. The third-order valence-corrected chi connectivity index (χ3v) is 2.63. The second kappa shape index (κ2) is 7.18. The number of ether oxygens (including phenoxy) is 1. The Hall–Kier alpha value is -2.50. The first kappa shape index (κ1) is 15.6. The van der Waals surface area contributed by atoms with E-state index in [4.69, 9.17) is 15.9 Å². The highest BCUT2D eigenvalue weighted by molar-refractivity contribution is 6.44. The first-order valence-corrected chi connectivity index (χ1v) is 6.10. The summed E-state index contributed by atoms with van der Waals surface area (Å²) in [7, 11) is 0. The fraction of sp³-hybridized carbons (Fsp3) is 0.286. The van der Waals surface area contributed by atoms with Crippen LogP contribution in [0.5, 0.6) is 0 Å². The SMILES string of the molecule is CCOC(=O)C(CC(=O)C(=O)c1ccccc1)C(=N)N. The van der Waals surface area contributed by atoms with Crippen LogP contribution in [-0.4, -0.2) is 30.0 Å². The van der Waals surface area contributed by atoms with Gasteiger partial charge in [0.15, 0.2) is 0 Å². The van der Waals surface area contributed by atoms with E-state index in [0.29, 0.717) is 0 Å². The lowest BCUT2D eigenvalue weighted by atomic mass is 9.96. The maximum absolute atomic E-state index is 11.9. The number of nitrogens with two attached hydrogens (primary N) is 1. The molecule has 0 bridgehead atoms. The molecule has 0 saturated heterocycles. The molecule has 1 aromatic carbocycles. The Labute approximate surface area is 116 Å². The molecule has 0 amide bonds. The van der Waals surface area contributed by atoms with Crippen molar-refractivity contribution in [3.63, 3.8) is 0 Å². The van der Waals surface area contributed by atoms with Gasteiger partial charge in [0.05, 0.1) is 6.61 Å². The molecule has 1 aromatic rings. The lowest BCUT2D eigenvalue weighted by Gasteiger charge is -2.12. The summed E-state index contributed by atoms with van der Waals surface area (Å²) in [5.74, 6) is -3.95. The van der Waals surface area contributed by atoms with E-state index < -0.39 is 35.7 Å². The third-order valence-electron chi connectivity index (χ3n) is 2.63. The molecule has 0 aliphatic rings. The maximum atomic E-state index is 11.9. The zero-order valence-electron chi connectivity index (χ0n) is 11.1. The number of carbonyl (C=O) groups is 3. The second-order valence-electron chi connectivity index (χ2n) is 4.08. The number of hydrogen-bond donors (Lipinski definition) is 2. The summed E-state index contributed by atoms with van der Waals surface area (Å²) >= 11 is 0. The summed E-state index contributed by atoms with van der Waals surface area (Å²) in [6.07, 6.45) is -0.456. The molecule has 3 N–H and O–H groups in total. The van der Waals surface area contributed by atoms with Gasteiger partial charge in [-0.2, -0.15) is 0 Å². The van der Waals surface area contributed by atoms with Crippen LogP contribution in [-0.2, 0) is 14.3 Å². The van der Waals surface area contributed by atoms with Gasteiger partial charge in [-0.25, -0.2) is 0 Å². The van der Waals surface area contributed by atoms with Crippen LogP contribution in [0.1, 0.15) is 23.7 Å². The molecule has 0 heterocycles. The lowest BCUT2D eigenvalue weighted by Crippen LogP contribution is -2.34. The summed E-state index contributed by atoms with van der Waals surface area (Å²) < 4.78 is 4.73. The molecular formula is C14H16N2O4. The maximum Gasteiger partial charge on any atom is 0.317 e. The Kier molecular flexibility index (Phi) is 5.58. The molecule has 0 aliphatic carbocycles. The number of amidine groups is 1. The minimum Gasteiger partial charge on any atom is -0.465 e. The van der Waals surface area contributed by atoms with E-state index >= 15 is 0 Å². The van der Waals surface area contributed by atoms with Gasteiger partial charge >= 0.3 is 5.97 Å². The number of ketones is 2. The van der Waals surface area contributed by atoms with Gasteiger partial charge < -0.3 is 10.5 Å². The van der Waals surface area contributed by atoms with Crippen molar-refractivity contribution in [2.75, 3.05) is 6.61 Å². The Bertz CT molecular complexity index is 525. The van der Waals surface area contributed by atoms with E-state index in [-0.39, 0.29) is 12.2 Å². The van der Waals surface area contributed by atoms with E-state index in [0.717, 1.165) is 0 Å². The van der Waals surface area contributed by atoms with Crippen LogP contribution in [0, 0.1) is 11.3 Å². The van der Waals surface area contributed by atoms with Gasteiger partial charge in [0.25, 0.3) is 0 Å². The summed E-state index contributed by atoms with van der Waals surface area (Å²) in [5, 5.41) is 7.31. The zero-order chi connectivity index (χ0) is 15.1. The summed E-state index contributed by atoms with van der Waals surface area (Å²) in [6.45, 7) is 1.72. The highest BCUT2D eigenvalue weighted by Crippen LogP contribution is 2.10.